The van der Waals surface area contributed by atoms with Crippen LogP contribution in [0.2, 0.25) is 5.02 Å². The summed E-state index contributed by atoms with van der Waals surface area (Å²) in [5.41, 5.74) is 1.11. The van der Waals surface area contributed by atoms with Crippen molar-refractivity contribution < 1.29 is 4.79 Å². The van der Waals surface area contributed by atoms with Crippen molar-refractivity contribution in [3.8, 4) is 0 Å². The zero-order chi connectivity index (χ0) is 12.0. The molecule has 1 N–H and O–H groups in total. The largest absolute Gasteiger partial charge is 0.319 e. The van der Waals surface area contributed by atoms with Crippen molar-refractivity contribution in [2.45, 2.75) is 25.6 Å². The summed E-state index contributed by atoms with van der Waals surface area (Å²) in [7, 11) is 0. The highest BCUT2D eigenvalue weighted by Gasteiger charge is 2.46. The van der Waals surface area contributed by atoms with Crippen molar-refractivity contribution in [2.75, 3.05) is 6.54 Å². The first-order chi connectivity index (χ1) is 8.16. The molecule has 0 aromatic heterocycles. The van der Waals surface area contributed by atoms with E-state index in [9.17, 15) is 4.79 Å². The van der Waals surface area contributed by atoms with Gasteiger partial charge in [0.2, 0.25) is 5.91 Å². The third-order valence-electron chi connectivity index (χ3n) is 3.62. The van der Waals surface area contributed by atoms with E-state index in [-0.39, 0.29) is 12.1 Å². The van der Waals surface area contributed by atoms with Crippen LogP contribution in [0.4, 0.5) is 0 Å². The molecule has 1 aromatic rings. The number of hydrogen-bond acceptors (Lipinski definition) is 2. The van der Waals surface area contributed by atoms with Gasteiger partial charge in [-0.05, 0) is 30.0 Å². The normalized spacial score (nSPS) is 32.0. The van der Waals surface area contributed by atoms with Gasteiger partial charge in [0, 0.05) is 11.1 Å². The number of carbonyl (C=O) groups is 1. The number of rotatable bonds is 2. The van der Waals surface area contributed by atoms with Gasteiger partial charge in [0.1, 0.15) is 6.17 Å². The Hall–Kier alpha value is -1.06. The number of halogens is 1. The summed E-state index contributed by atoms with van der Waals surface area (Å²) in [6.45, 7) is 2.63. The minimum absolute atomic E-state index is 0.0229. The minimum atomic E-state index is 0.0229. The average Bonchev–Trinajstić information content (AvgIpc) is 2.89. The van der Waals surface area contributed by atoms with E-state index in [0.717, 1.165) is 17.0 Å². The predicted molar refractivity (Wildman–Crippen MR) is 66.6 cm³/mol. The molecule has 0 bridgehead atoms. The maximum Gasteiger partial charge on any atom is 0.238 e. The van der Waals surface area contributed by atoms with Gasteiger partial charge in [0.25, 0.3) is 0 Å². The van der Waals surface area contributed by atoms with Gasteiger partial charge in [-0.25, -0.2) is 0 Å². The highest BCUT2D eigenvalue weighted by Crippen LogP contribution is 2.40. The van der Waals surface area contributed by atoms with Crippen LogP contribution >= 0.6 is 11.6 Å². The molecule has 17 heavy (non-hydrogen) atoms. The van der Waals surface area contributed by atoms with Crippen molar-refractivity contribution in [3.05, 3.63) is 34.9 Å². The third-order valence-corrected chi connectivity index (χ3v) is 3.87. The lowest BCUT2D eigenvalue weighted by Gasteiger charge is -2.25. The molecule has 1 aromatic carbocycles. The number of nitrogens with one attached hydrogen (secondary N) is 1. The highest BCUT2D eigenvalue weighted by molar-refractivity contribution is 6.30. The number of benzene rings is 1. The van der Waals surface area contributed by atoms with Gasteiger partial charge >= 0.3 is 0 Å². The number of hydrogen-bond donors (Lipinski definition) is 1. The zero-order valence-corrected chi connectivity index (χ0v) is 10.4. The quantitative estimate of drug-likeness (QED) is 0.873. The molecule has 3 nitrogen and oxygen atoms in total. The molecule has 4 heteroatoms. The van der Waals surface area contributed by atoms with Crippen molar-refractivity contribution in [2.24, 2.45) is 5.92 Å². The Kier molecular flexibility index (Phi) is 2.60. The van der Waals surface area contributed by atoms with Crippen molar-refractivity contribution in [3.63, 3.8) is 0 Å². The summed E-state index contributed by atoms with van der Waals surface area (Å²) in [5.74, 6) is 0.841. The smallest absolute Gasteiger partial charge is 0.238 e. The molecule has 0 radical (unpaired) electrons. The Labute approximate surface area is 106 Å². The van der Waals surface area contributed by atoms with Crippen LogP contribution in [-0.4, -0.2) is 23.4 Å². The van der Waals surface area contributed by atoms with Gasteiger partial charge in [0.05, 0.1) is 6.54 Å². The molecule has 2 aliphatic rings. The molecule has 1 aliphatic heterocycles. The molecule has 0 spiro atoms. The number of nitrogens with zero attached hydrogens (tertiary/aromatic N) is 1. The van der Waals surface area contributed by atoms with Crippen LogP contribution in [0.1, 0.15) is 25.1 Å². The van der Waals surface area contributed by atoms with E-state index in [1.54, 1.807) is 0 Å². The van der Waals surface area contributed by atoms with E-state index in [4.69, 9.17) is 11.6 Å². The summed E-state index contributed by atoms with van der Waals surface area (Å²) in [4.78, 5) is 13.9. The lowest BCUT2D eigenvalue weighted by Crippen LogP contribution is -2.33. The van der Waals surface area contributed by atoms with Gasteiger partial charge in [0.15, 0.2) is 0 Å². The molecule has 1 saturated heterocycles. The molecular formula is C13H15ClN2O. The second-order valence-corrected chi connectivity index (χ2v) is 5.35. The maximum absolute atomic E-state index is 11.9. The average molecular weight is 251 g/mol. The highest BCUT2D eigenvalue weighted by atomic mass is 35.5. The van der Waals surface area contributed by atoms with Gasteiger partial charge < -0.3 is 4.90 Å². The summed E-state index contributed by atoms with van der Waals surface area (Å²) in [6, 6.07) is 8.13. The Morgan fingerprint density at radius 3 is 2.59 bits per heavy atom. The van der Waals surface area contributed by atoms with Gasteiger partial charge in [-0.2, -0.15) is 0 Å². The first-order valence-electron chi connectivity index (χ1n) is 5.97. The van der Waals surface area contributed by atoms with Crippen LogP contribution in [0.5, 0.6) is 0 Å². The van der Waals surface area contributed by atoms with E-state index in [2.05, 4.69) is 12.2 Å². The third kappa shape index (κ3) is 1.94. The molecule has 1 amide bonds. The summed E-state index contributed by atoms with van der Waals surface area (Å²) in [6.07, 6.45) is 1.15. The molecule has 1 heterocycles. The first-order valence-corrected chi connectivity index (χ1v) is 6.34. The lowest BCUT2D eigenvalue weighted by molar-refractivity contribution is -0.128. The monoisotopic (exact) mass is 250 g/mol. The molecule has 3 rings (SSSR count). The molecule has 3 unspecified atom stereocenters. The topological polar surface area (TPSA) is 32.3 Å². The van der Waals surface area contributed by atoms with Crippen LogP contribution in [0.25, 0.3) is 0 Å². The molecule has 1 saturated carbocycles. The van der Waals surface area contributed by atoms with E-state index in [0.29, 0.717) is 18.5 Å². The van der Waals surface area contributed by atoms with Gasteiger partial charge in [-0.15, -0.1) is 0 Å². The molecule has 1 aliphatic carbocycles. The fourth-order valence-corrected chi connectivity index (χ4v) is 2.63. The molecule has 3 atom stereocenters. The van der Waals surface area contributed by atoms with Gasteiger partial charge in [-0.3, -0.25) is 10.1 Å². The van der Waals surface area contributed by atoms with Crippen LogP contribution in [-0.2, 0) is 4.79 Å². The molecular weight excluding hydrogens is 236 g/mol. The molecule has 90 valence electrons. The van der Waals surface area contributed by atoms with E-state index in [1.807, 2.05) is 29.2 Å². The second-order valence-electron chi connectivity index (χ2n) is 4.92. The minimum Gasteiger partial charge on any atom is -0.319 e. The van der Waals surface area contributed by atoms with E-state index in [1.165, 1.54) is 0 Å². The van der Waals surface area contributed by atoms with Crippen LogP contribution < -0.4 is 5.32 Å². The van der Waals surface area contributed by atoms with Crippen LogP contribution in [0.15, 0.2) is 24.3 Å². The SMILES string of the molecule is CC1CC1N1C(=O)CNC1c1ccc(Cl)cc1. The molecule has 2 fully saturated rings. The summed E-state index contributed by atoms with van der Waals surface area (Å²) < 4.78 is 0. The number of carbonyl (C=O) groups excluding carboxylic acids is 1. The van der Waals surface area contributed by atoms with Crippen LogP contribution in [0.3, 0.4) is 0 Å². The maximum atomic E-state index is 11.9. The fourth-order valence-electron chi connectivity index (χ4n) is 2.51. The summed E-state index contributed by atoms with van der Waals surface area (Å²) in [5, 5.41) is 3.99. The van der Waals surface area contributed by atoms with Crippen molar-refractivity contribution in [1.29, 1.82) is 0 Å². The van der Waals surface area contributed by atoms with Gasteiger partial charge in [-0.1, -0.05) is 30.7 Å². The fraction of sp³-hybridized carbons (Fsp3) is 0.462. The van der Waals surface area contributed by atoms with Crippen LogP contribution in [0, 0.1) is 5.92 Å². The number of amides is 1. The van der Waals surface area contributed by atoms with E-state index >= 15 is 0 Å². The van der Waals surface area contributed by atoms with Crippen molar-refractivity contribution in [1.82, 2.24) is 10.2 Å². The summed E-state index contributed by atoms with van der Waals surface area (Å²) >= 11 is 5.88. The Bertz CT molecular complexity index is 445. The van der Waals surface area contributed by atoms with Crippen molar-refractivity contribution >= 4 is 17.5 Å². The lowest BCUT2D eigenvalue weighted by atomic mass is 10.1. The Balaban J connectivity index is 1.86. The second kappa shape index (κ2) is 4.00. The first kappa shape index (κ1) is 11.1. The standard InChI is InChI=1S/C13H15ClN2O/c1-8-6-11(8)16-12(17)7-15-13(16)9-2-4-10(14)5-3-9/h2-5,8,11,13,15H,6-7H2,1H3. The van der Waals surface area contributed by atoms with E-state index < -0.39 is 0 Å². The Morgan fingerprint density at radius 1 is 1.35 bits per heavy atom. The Morgan fingerprint density at radius 2 is 2.00 bits per heavy atom. The predicted octanol–water partition coefficient (Wildman–Crippen LogP) is 2.18. The zero-order valence-electron chi connectivity index (χ0n) is 9.69.